The quantitative estimate of drug-likeness (QED) is 0.650. The number of carbonyl (C=O) groups is 1. The maximum Gasteiger partial charge on any atom is 0.335 e. The number of carboxylic acid groups (broad SMARTS) is 1. The van der Waals surface area contributed by atoms with Gasteiger partial charge >= 0.3 is 5.97 Å². The van der Waals surface area contributed by atoms with E-state index in [-0.39, 0.29) is 18.2 Å². The molecule has 4 nitrogen and oxygen atoms in total. The van der Waals surface area contributed by atoms with Crippen molar-refractivity contribution >= 4 is 11.7 Å². The number of nitrogens with one attached hydrogen (secondary N) is 1. The Morgan fingerprint density at radius 1 is 1.44 bits per heavy atom. The predicted molar refractivity (Wildman–Crippen MR) is 61.3 cm³/mol. The number of anilines is 1. The van der Waals surface area contributed by atoms with Crippen LogP contribution in [0.4, 0.5) is 5.69 Å². The zero-order chi connectivity index (χ0) is 12.0. The molecule has 0 aromatic heterocycles. The van der Waals surface area contributed by atoms with Crippen molar-refractivity contribution in [3.05, 3.63) is 29.8 Å². The highest BCUT2D eigenvalue weighted by Crippen LogP contribution is 2.11. The summed E-state index contributed by atoms with van der Waals surface area (Å²) < 4.78 is 0. The summed E-state index contributed by atoms with van der Waals surface area (Å²) in [5.41, 5.74) is 0.961. The summed E-state index contributed by atoms with van der Waals surface area (Å²) in [7, 11) is 0. The molecule has 0 aliphatic heterocycles. The Morgan fingerprint density at radius 3 is 2.50 bits per heavy atom. The molecular weight excluding hydrogens is 206 g/mol. The van der Waals surface area contributed by atoms with Gasteiger partial charge in [-0.3, -0.25) is 0 Å². The molecule has 0 heterocycles. The molecule has 0 fully saturated rings. The molecule has 1 rings (SSSR count). The molecule has 84 valence electrons. The van der Waals surface area contributed by atoms with E-state index in [4.69, 9.17) is 16.6 Å². The zero-order valence-corrected chi connectivity index (χ0v) is 8.68. The van der Waals surface area contributed by atoms with Gasteiger partial charge in [-0.05, 0) is 24.3 Å². The number of hydrogen-bond donors (Lipinski definition) is 3. The summed E-state index contributed by atoms with van der Waals surface area (Å²) in [4.78, 5) is 10.6. The smallest absolute Gasteiger partial charge is 0.335 e. The monoisotopic (exact) mass is 219 g/mol. The number of aromatic carboxylic acids is 1. The lowest BCUT2D eigenvalue weighted by Gasteiger charge is -2.14. The minimum atomic E-state index is -0.964. The molecule has 0 aliphatic rings. The van der Waals surface area contributed by atoms with Crippen LogP contribution in [0.15, 0.2) is 24.3 Å². The molecule has 4 heteroatoms. The molecule has 0 spiro atoms. The summed E-state index contributed by atoms with van der Waals surface area (Å²) in [5, 5.41) is 20.7. The standard InChI is InChI=1S/C12H13NO3/c1-2-3-11(8-14)13-10-6-4-9(5-7-10)12(15)16/h1,4-7,11,13-14H,3,8H2,(H,15,16). The van der Waals surface area contributed by atoms with E-state index in [2.05, 4.69) is 11.2 Å². The van der Waals surface area contributed by atoms with Gasteiger partial charge in [0.15, 0.2) is 0 Å². The van der Waals surface area contributed by atoms with Gasteiger partial charge in [-0.1, -0.05) is 0 Å². The molecule has 0 saturated heterocycles. The molecule has 0 aliphatic carbocycles. The highest BCUT2D eigenvalue weighted by Gasteiger charge is 2.06. The number of aliphatic hydroxyl groups is 1. The van der Waals surface area contributed by atoms with Crippen LogP contribution >= 0.6 is 0 Å². The molecule has 1 aromatic carbocycles. The lowest BCUT2D eigenvalue weighted by Crippen LogP contribution is -2.23. The highest BCUT2D eigenvalue weighted by atomic mass is 16.4. The number of aliphatic hydroxyl groups excluding tert-OH is 1. The van der Waals surface area contributed by atoms with E-state index in [1.54, 1.807) is 12.1 Å². The van der Waals surface area contributed by atoms with Crippen molar-refractivity contribution in [2.24, 2.45) is 0 Å². The van der Waals surface area contributed by atoms with Crippen molar-refractivity contribution in [3.8, 4) is 12.3 Å². The number of carboxylic acids is 1. The summed E-state index contributed by atoms with van der Waals surface area (Å²) >= 11 is 0. The third kappa shape index (κ3) is 3.30. The van der Waals surface area contributed by atoms with Crippen molar-refractivity contribution in [1.82, 2.24) is 0 Å². The van der Waals surface area contributed by atoms with Crippen LogP contribution in [0.3, 0.4) is 0 Å². The van der Waals surface area contributed by atoms with Gasteiger partial charge in [0.05, 0.1) is 18.2 Å². The number of hydrogen-bond acceptors (Lipinski definition) is 3. The van der Waals surface area contributed by atoms with Crippen molar-refractivity contribution in [1.29, 1.82) is 0 Å². The van der Waals surface area contributed by atoms with Gasteiger partial charge < -0.3 is 15.5 Å². The Morgan fingerprint density at radius 2 is 2.06 bits per heavy atom. The second-order valence-corrected chi connectivity index (χ2v) is 3.31. The van der Waals surface area contributed by atoms with Crippen molar-refractivity contribution in [3.63, 3.8) is 0 Å². The van der Waals surface area contributed by atoms with E-state index < -0.39 is 5.97 Å². The molecule has 1 atom stereocenters. The Kier molecular flexibility index (Phi) is 4.37. The van der Waals surface area contributed by atoms with Crippen LogP contribution in [0, 0.1) is 12.3 Å². The second kappa shape index (κ2) is 5.79. The van der Waals surface area contributed by atoms with E-state index >= 15 is 0 Å². The van der Waals surface area contributed by atoms with Crippen LogP contribution in [0.25, 0.3) is 0 Å². The van der Waals surface area contributed by atoms with E-state index in [1.807, 2.05) is 0 Å². The van der Waals surface area contributed by atoms with E-state index in [0.717, 1.165) is 5.69 Å². The molecule has 0 saturated carbocycles. The van der Waals surface area contributed by atoms with Gasteiger partial charge in [0.1, 0.15) is 0 Å². The summed E-state index contributed by atoms with van der Waals surface area (Å²) in [5.74, 6) is 1.49. The first-order valence-corrected chi connectivity index (χ1v) is 4.81. The Bertz CT molecular complexity index is 392. The van der Waals surface area contributed by atoms with Gasteiger partial charge in [0.2, 0.25) is 0 Å². The maximum atomic E-state index is 10.6. The highest BCUT2D eigenvalue weighted by molar-refractivity contribution is 5.87. The fraction of sp³-hybridized carbons (Fsp3) is 0.250. The first kappa shape index (κ1) is 12.1. The first-order chi connectivity index (χ1) is 7.67. The molecule has 3 N–H and O–H groups in total. The normalized spacial score (nSPS) is 11.5. The van der Waals surface area contributed by atoms with Crippen LogP contribution in [0.1, 0.15) is 16.8 Å². The summed E-state index contributed by atoms with van der Waals surface area (Å²) in [6.45, 7) is -0.0646. The fourth-order valence-corrected chi connectivity index (χ4v) is 1.25. The van der Waals surface area contributed by atoms with Crippen LogP contribution in [-0.2, 0) is 0 Å². The van der Waals surface area contributed by atoms with Crippen molar-refractivity contribution < 1.29 is 15.0 Å². The number of rotatable bonds is 5. The third-order valence-corrected chi connectivity index (χ3v) is 2.09. The molecule has 0 bridgehead atoms. The van der Waals surface area contributed by atoms with E-state index in [1.165, 1.54) is 12.1 Å². The third-order valence-electron chi connectivity index (χ3n) is 2.09. The van der Waals surface area contributed by atoms with Crippen LogP contribution in [-0.4, -0.2) is 28.8 Å². The Hall–Kier alpha value is -1.99. The predicted octanol–water partition coefficient (Wildman–Crippen LogP) is 1.18. The van der Waals surface area contributed by atoms with Gasteiger partial charge in [0, 0.05) is 12.1 Å². The first-order valence-electron chi connectivity index (χ1n) is 4.81. The van der Waals surface area contributed by atoms with Gasteiger partial charge in [-0.2, -0.15) is 0 Å². The molecular formula is C12H13NO3. The molecule has 16 heavy (non-hydrogen) atoms. The summed E-state index contributed by atoms with van der Waals surface area (Å²) in [6, 6.07) is 6.07. The van der Waals surface area contributed by atoms with Gasteiger partial charge in [-0.25, -0.2) is 4.79 Å². The average Bonchev–Trinajstić information content (AvgIpc) is 2.29. The fourth-order valence-electron chi connectivity index (χ4n) is 1.25. The van der Waals surface area contributed by atoms with Gasteiger partial charge in [-0.15, -0.1) is 12.3 Å². The minimum Gasteiger partial charge on any atom is -0.478 e. The van der Waals surface area contributed by atoms with E-state index in [0.29, 0.717) is 6.42 Å². The Balaban J connectivity index is 2.68. The van der Waals surface area contributed by atoms with Crippen molar-refractivity contribution in [2.75, 3.05) is 11.9 Å². The lowest BCUT2D eigenvalue weighted by atomic mass is 10.1. The topological polar surface area (TPSA) is 69.6 Å². The maximum absolute atomic E-state index is 10.6. The molecule has 0 radical (unpaired) electrons. The molecule has 0 amide bonds. The SMILES string of the molecule is C#CCC(CO)Nc1ccc(C(=O)O)cc1. The number of terminal acetylenes is 1. The zero-order valence-electron chi connectivity index (χ0n) is 8.68. The van der Waals surface area contributed by atoms with Gasteiger partial charge in [0.25, 0.3) is 0 Å². The van der Waals surface area contributed by atoms with E-state index in [9.17, 15) is 4.79 Å². The largest absolute Gasteiger partial charge is 0.478 e. The Labute approximate surface area is 93.9 Å². The van der Waals surface area contributed by atoms with Crippen LogP contribution in [0.5, 0.6) is 0 Å². The number of benzene rings is 1. The average molecular weight is 219 g/mol. The second-order valence-electron chi connectivity index (χ2n) is 3.31. The molecule has 1 unspecified atom stereocenters. The molecule has 1 aromatic rings. The van der Waals surface area contributed by atoms with Crippen LogP contribution in [0.2, 0.25) is 0 Å². The summed E-state index contributed by atoms with van der Waals surface area (Å²) in [6.07, 6.45) is 5.56. The van der Waals surface area contributed by atoms with Crippen LogP contribution < -0.4 is 5.32 Å². The van der Waals surface area contributed by atoms with Crippen molar-refractivity contribution in [2.45, 2.75) is 12.5 Å². The minimum absolute atomic E-state index is 0.0646. The lowest BCUT2D eigenvalue weighted by molar-refractivity contribution is 0.0697.